The molecule has 0 heterocycles. The summed E-state index contributed by atoms with van der Waals surface area (Å²) in [6.45, 7) is 0. The molecule has 0 bridgehead atoms. The van der Waals surface area contributed by atoms with E-state index in [0.717, 1.165) is 12.1 Å². The number of phenols is 1. The van der Waals surface area contributed by atoms with Crippen LogP contribution in [-0.2, 0) is 40.5 Å². The van der Waals surface area contributed by atoms with Crippen molar-refractivity contribution in [1.82, 2.24) is 0 Å². The zero-order chi connectivity index (χ0) is 42.4. The Bertz CT molecular complexity index is 3210. The van der Waals surface area contributed by atoms with Crippen molar-refractivity contribution in [3.63, 3.8) is 0 Å². The molecule has 0 atom stereocenters. The number of nitrogens with zero attached hydrogens (tertiary/aromatic N) is 4. The summed E-state index contributed by atoms with van der Waals surface area (Å²) < 4.78 is 142. The molecule has 6 rings (SSSR count). The second kappa shape index (κ2) is 15.3. The van der Waals surface area contributed by atoms with Crippen molar-refractivity contribution >= 4 is 96.4 Å². The summed E-state index contributed by atoms with van der Waals surface area (Å²) in [5.74, 6) is -1.26. The predicted octanol–water partition coefficient (Wildman–Crippen LogP) is 6.78. The third kappa shape index (κ3) is 8.82. The number of hydrogen-bond acceptors (Lipinski definition) is 15. The highest BCUT2D eigenvalue weighted by Gasteiger charge is 2.25. The van der Waals surface area contributed by atoms with E-state index < -0.39 is 93.9 Å². The third-order valence-corrected chi connectivity index (χ3v) is 11.6. The number of amides is 1. The van der Waals surface area contributed by atoms with Crippen LogP contribution < -0.4 is 10.1 Å². The van der Waals surface area contributed by atoms with Crippen LogP contribution in [0.2, 0.25) is 0 Å². The van der Waals surface area contributed by atoms with Crippen LogP contribution in [0.1, 0.15) is 10.4 Å². The number of fused-ring (bicyclic) bond motifs is 2. The molecule has 0 aliphatic carbocycles. The van der Waals surface area contributed by atoms with Crippen molar-refractivity contribution in [2.75, 3.05) is 12.4 Å². The lowest BCUT2D eigenvalue weighted by atomic mass is 10.1. The Balaban J connectivity index is 1.37. The van der Waals surface area contributed by atoms with E-state index in [9.17, 15) is 61.8 Å². The SMILES string of the molecule is COc1cc(N=Nc2cc3c(S(=O)(=O)O)cc(S(=O)(=O)O)cc3cc2S(=O)(=O)O)ccc1N=Nc1c(S(=O)(=O)O)cc2cc(NC(=O)c3ccccc3)ccc2c1O. The Hall–Kier alpha value is -6.25. The largest absolute Gasteiger partial charge is 0.505 e. The van der Waals surface area contributed by atoms with Gasteiger partial charge in [0.25, 0.3) is 46.4 Å². The highest BCUT2D eigenvalue weighted by Crippen LogP contribution is 2.43. The van der Waals surface area contributed by atoms with Crippen LogP contribution in [0.3, 0.4) is 0 Å². The Morgan fingerprint density at radius 1 is 0.586 bits per heavy atom. The van der Waals surface area contributed by atoms with Crippen LogP contribution in [0.5, 0.6) is 11.5 Å². The smallest absolute Gasteiger partial charge is 0.296 e. The quantitative estimate of drug-likeness (QED) is 0.0577. The number of carbonyl (C=O) groups excluding carboxylic acids is 1. The van der Waals surface area contributed by atoms with Crippen molar-refractivity contribution in [2.45, 2.75) is 19.6 Å². The Kier molecular flexibility index (Phi) is 10.9. The van der Waals surface area contributed by atoms with E-state index in [4.69, 9.17) is 4.74 Å². The molecule has 0 aliphatic rings. The number of anilines is 1. The number of nitrogens with one attached hydrogen (secondary N) is 1. The van der Waals surface area contributed by atoms with Gasteiger partial charge < -0.3 is 15.2 Å². The highest BCUT2D eigenvalue weighted by atomic mass is 32.2. The zero-order valence-corrected chi connectivity index (χ0v) is 32.2. The molecule has 24 heteroatoms. The first kappa shape index (κ1) is 41.4. The Morgan fingerprint density at radius 3 is 1.83 bits per heavy atom. The van der Waals surface area contributed by atoms with Crippen LogP contribution in [0.4, 0.5) is 28.4 Å². The van der Waals surface area contributed by atoms with Gasteiger partial charge >= 0.3 is 0 Å². The molecule has 6 N–H and O–H groups in total. The van der Waals surface area contributed by atoms with Gasteiger partial charge in [0.05, 0.1) is 17.7 Å². The minimum absolute atomic E-state index is 0.0716. The van der Waals surface area contributed by atoms with Crippen molar-refractivity contribution in [2.24, 2.45) is 20.5 Å². The predicted molar refractivity (Wildman–Crippen MR) is 205 cm³/mol. The molecule has 300 valence electrons. The van der Waals surface area contributed by atoms with Crippen LogP contribution in [0.25, 0.3) is 21.5 Å². The summed E-state index contributed by atoms with van der Waals surface area (Å²) in [5, 5.41) is 28.5. The van der Waals surface area contributed by atoms with Gasteiger partial charge in [-0.05, 0) is 83.6 Å². The van der Waals surface area contributed by atoms with Gasteiger partial charge in [0, 0.05) is 28.1 Å². The average Bonchev–Trinajstić information content (AvgIpc) is 3.14. The van der Waals surface area contributed by atoms with Gasteiger partial charge in [0.1, 0.15) is 37.5 Å². The number of aromatic hydroxyl groups is 1. The topological polar surface area (TPSA) is 325 Å². The third-order valence-electron chi connectivity index (χ3n) is 8.14. The number of azo groups is 2. The first-order valence-corrected chi connectivity index (χ1v) is 21.5. The lowest BCUT2D eigenvalue weighted by molar-refractivity contribution is 0.102. The monoisotopic (exact) mass is 871 g/mol. The van der Waals surface area contributed by atoms with Gasteiger partial charge in [-0.2, -0.15) is 38.8 Å². The molecule has 20 nitrogen and oxygen atoms in total. The Morgan fingerprint density at radius 2 is 1.21 bits per heavy atom. The fourth-order valence-electron chi connectivity index (χ4n) is 5.51. The first-order chi connectivity index (χ1) is 27.0. The van der Waals surface area contributed by atoms with E-state index in [0.29, 0.717) is 23.8 Å². The van der Waals surface area contributed by atoms with Crippen molar-refractivity contribution in [3.05, 3.63) is 103 Å². The summed E-state index contributed by atoms with van der Waals surface area (Å²) >= 11 is 0. The molecule has 0 saturated heterocycles. The normalized spacial score (nSPS) is 12.8. The molecule has 0 aliphatic heterocycles. The van der Waals surface area contributed by atoms with E-state index in [2.05, 4.69) is 25.8 Å². The number of benzene rings is 6. The lowest BCUT2D eigenvalue weighted by Gasteiger charge is -2.11. The zero-order valence-electron chi connectivity index (χ0n) is 29.0. The molecule has 0 aromatic heterocycles. The molecule has 6 aromatic carbocycles. The molecule has 0 unspecified atom stereocenters. The lowest BCUT2D eigenvalue weighted by Crippen LogP contribution is -2.11. The second-order valence-electron chi connectivity index (χ2n) is 11.9. The van der Waals surface area contributed by atoms with Crippen molar-refractivity contribution in [1.29, 1.82) is 0 Å². The van der Waals surface area contributed by atoms with E-state index in [1.807, 2.05) is 0 Å². The first-order valence-electron chi connectivity index (χ1n) is 15.7. The van der Waals surface area contributed by atoms with E-state index >= 15 is 0 Å². The molecule has 0 radical (unpaired) electrons. The molecule has 1 amide bonds. The van der Waals surface area contributed by atoms with E-state index in [-0.39, 0.29) is 33.6 Å². The van der Waals surface area contributed by atoms with E-state index in [1.54, 1.807) is 30.3 Å². The molecule has 0 spiro atoms. The maximum atomic E-state index is 12.6. The van der Waals surface area contributed by atoms with Crippen LogP contribution in [0, 0.1) is 0 Å². The molecule has 6 aromatic rings. The van der Waals surface area contributed by atoms with Gasteiger partial charge in [0.2, 0.25) is 0 Å². The number of rotatable bonds is 11. The molecule has 58 heavy (non-hydrogen) atoms. The number of ether oxygens (including phenoxy) is 1. The Labute approximate surface area is 328 Å². The number of methoxy groups -OCH3 is 1. The number of phenolic OH excluding ortho intramolecular Hbond substituents is 1. The molecule has 0 fully saturated rings. The maximum Gasteiger partial charge on any atom is 0.296 e. The highest BCUT2D eigenvalue weighted by molar-refractivity contribution is 7.87. The summed E-state index contributed by atoms with van der Waals surface area (Å²) in [6.07, 6.45) is 0. The van der Waals surface area contributed by atoms with Crippen LogP contribution in [0.15, 0.2) is 137 Å². The summed E-state index contributed by atoms with van der Waals surface area (Å²) in [7, 11) is -19.3. The summed E-state index contributed by atoms with van der Waals surface area (Å²) in [4.78, 5) is 8.75. The molecule has 0 saturated carbocycles. The van der Waals surface area contributed by atoms with Crippen molar-refractivity contribution in [3.8, 4) is 11.5 Å². The maximum absolute atomic E-state index is 12.6. The standard InChI is InChI=1S/C34H25N5O15S4/c1-54-28-15-22(36-38-27-17-25-20(13-30(27)57(48,49)50)12-23(55(42,43)44)16-29(25)56(45,46)47)8-10-26(28)37-39-32-31(58(51,52)53)14-19-11-21(7-9-24(19)33(32)40)35-34(41)18-5-3-2-4-6-18/h2-17,40H,1H3,(H,35,41)(H,42,43,44)(H,45,46,47)(H,48,49,50)(H,51,52,53). The summed E-state index contributed by atoms with van der Waals surface area (Å²) in [6, 6.07) is 19.6. The van der Waals surface area contributed by atoms with Crippen molar-refractivity contribution < 1.29 is 66.5 Å². The van der Waals surface area contributed by atoms with Gasteiger partial charge in [-0.15, -0.1) is 15.3 Å². The minimum atomic E-state index is -5.20. The molecular formula is C34H25N5O15S4. The van der Waals surface area contributed by atoms with E-state index in [1.165, 1.54) is 43.5 Å². The van der Waals surface area contributed by atoms with Gasteiger partial charge in [-0.1, -0.05) is 18.2 Å². The van der Waals surface area contributed by atoms with Gasteiger partial charge in [0.15, 0.2) is 5.75 Å². The average molecular weight is 872 g/mol. The molecular weight excluding hydrogens is 847 g/mol. The second-order valence-corrected chi connectivity index (χ2v) is 17.5. The fraction of sp³-hybridized carbons (Fsp3) is 0.0294. The fourth-order valence-corrected chi connectivity index (χ4v) is 8.15. The van der Waals surface area contributed by atoms with Gasteiger partial charge in [-0.3, -0.25) is 23.0 Å². The van der Waals surface area contributed by atoms with Gasteiger partial charge in [-0.25, -0.2) is 0 Å². The number of hydrogen-bond donors (Lipinski definition) is 6. The van der Waals surface area contributed by atoms with Crippen LogP contribution in [-0.4, -0.2) is 70.0 Å². The minimum Gasteiger partial charge on any atom is -0.505 e. The number of carbonyl (C=O) groups is 1. The summed E-state index contributed by atoms with van der Waals surface area (Å²) in [5.41, 5.74) is -0.943. The van der Waals surface area contributed by atoms with Crippen LogP contribution >= 0.6 is 0 Å².